The number of rotatable bonds is 6. The van der Waals surface area contributed by atoms with Gasteiger partial charge in [0.1, 0.15) is 0 Å². The maximum atomic E-state index is 11.4. The van der Waals surface area contributed by atoms with E-state index >= 15 is 0 Å². The topological polar surface area (TPSA) is 111 Å². The summed E-state index contributed by atoms with van der Waals surface area (Å²) < 4.78 is 6.88. The molecule has 21 heavy (non-hydrogen) atoms. The molecule has 0 aromatic carbocycles. The lowest BCUT2D eigenvalue weighted by atomic mass is 10.5. The number of hydrogen-bond acceptors (Lipinski definition) is 8. The quantitative estimate of drug-likeness (QED) is 0.800. The number of nitrogens with one attached hydrogen (secondary N) is 2. The molecule has 0 amide bonds. The van der Waals surface area contributed by atoms with E-state index in [4.69, 9.17) is 4.74 Å². The number of anilines is 1. The van der Waals surface area contributed by atoms with Crippen LogP contribution in [0, 0.1) is 0 Å². The van der Waals surface area contributed by atoms with E-state index in [2.05, 4.69) is 30.5 Å². The molecule has 0 fully saturated rings. The summed E-state index contributed by atoms with van der Waals surface area (Å²) in [6, 6.07) is 0.235. The van der Waals surface area contributed by atoms with Gasteiger partial charge in [-0.05, 0) is 32.5 Å². The van der Waals surface area contributed by atoms with E-state index in [1.165, 1.54) is 4.57 Å². The van der Waals surface area contributed by atoms with Gasteiger partial charge in [-0.1, -0.05) is 0 Å². The first kappa shape index (κ1) is 15.3. The molecule has 0 unspecified atom stereocenters. The van der Waals surface area contributed by atoms with Gasteiger partial charge in [-0.15, -0.1) is 5.10 Å². The highest BCUT2D eigenvalue weighted by Crippen LogP contribution is 2.23. The van der Waals surface area contributed by atoms with Crippen molar-refractivity contribution in [3.05, 3.63) is 10.5 Å². The minimum Gasteiger partial charge on any atom is -0.461 e. The first-order chi connectivity index (χ1) is 9.99. The maximum Gasteiger partial charge on any atom is 0.343 e. The van der Waals surface area contributed by atoms with Crippen molar-refractivity contribution in [2.24, 2.45) is 7.05 Å². The molecule has 9 nitrogen and oxygen atoms in total. The summed E-state index contributed by atoms with van der Waals surface area (Å²) >= 11 is 1.15. The minimum absolute atomic E-state index is 0.0468. The van der Waals surface area contributed by atoms with Gasteiger partial charge >= 0.3 is 11.7 Å². The van der Waals surface area contributed by atoms with Crippen LogP contribution < -0.4 is 15.7 Å². The molecule has 2 rings (SSSR count). The van der Waals surface area contributed by atoms with Crippen LogP contribution in [0.2, 0.25) is 0 Å². The molecule has 0 aliphatic carbocycles. The Morgan fingerprint density at radius 3 is 2.71 bits per heavy atom. The highest BCUT2D eigenvalue weighted by atomic mass is 32.2. The second kappa shape index (κ2) is 6.57. The van der Waals surface area contributed by atoms with Crippen molar-refractivity contribution in [3.8, 4) is 6.01 Å². The van der Waals surface area contributed by atoms with E-state index < -0.39 is 0 Å². The van der Waals surface area contributed by atoms with E-state index in [1.54, 1.807) is 7.05 Å². The third-order valence-electron chi connectivity index (χ3n) is 2.29. The Labute approximate surface area is 125 Å². The molecule has 114 valence electrons. The van der Waals surface area contributed by atoms with Gasteiger partial charge in [-0.2, -0.15) is 15.0 Å². The molecular weight excluding hydrogens is 294 g/mol. The largest absolute Gasteiger partial charge is 0.461 e. The number of hydrogen-bond donors (Lipinski definition) is 2. The summed E-state index contributed by atoms with van der Waals surface area (Å²) in [6.45, 7) is 6.40. The average molecular weight is 311 g/mol. The Morgan fingerprint density at radius 2 is 2.14 bits per heavy atom. The van der Waals surface area contributed by atoms with Gasteiger partial charge in [0.25, 0.3) is 0 Å². The lowest BCUT2D eigenvalue weighted by molar-refractivity contribution is 0.219. The molecular formula is C11H17N7O2S. The second-order valence-corrected chi connectivity index (χ2v) is 5.33. The van der Waals surface area contributed by atoms with E-state index in [1.807, 2.05) is 20.8 Å². The van der Waals surface area contributed by atoms with Gasteiger partial charge in [-0.25, -0.2) is 9.89 Å². The van der Waals surface area contributed by atoms with Crippen molar-refractivity contribution in [2.45, 2.75) is 37.2 Å². The Morgan fingerprint density at radius 1 is 1.38 bits per heavy atom. The molecule has 0 radical (unpaired) electrons. The molecule has 10 heteroatoms. The van der Waals surface area contributed by atoms with Gasteiger partial charge in [0.15, 0.2) is 5.16 Å². The molecule has 0 aliphatic rings. The fourth-order valence-corrected chi connectivity index (χ4v) is 2.12. The van der Waals surface area contributed by atoms with Crippen LogP contribution >= 0.6 is 11.8 Å². The summed E-state index contributed by atoms with van der Waals surface area (Å²) in [5.41, 5.74) is -0.294. The Kier molecular flexibility index (Phi) is 4.78. The number of aromatic nitrogens is 6. The minimum atomic E-state index is -0.294. The van der Waals surface area contributed by atoms with Crippen molar-refractivity contribution in [3.63, 3.8) is 0 Å². The zero-order chi connectivity index (χ0) is 15.4. The lowest BCUT2D eigenvalue weighted by Gasteiger charge is -2.10. The molecule has 0 aliphatic heterocycles. The summed E-state index contributed by atoms with van der Waals surface area (Å²) in [4.78, 5) is 24.0. The van der Waals surface area contributed by atoms with Crippen LogP contribution in [-0.4, -0.2) is 42.4 Å². The standard InChI is InChI=1S/C11H17N7O2S/c1-5-12-7-13-8(20-6(2)3)15-9(14-7)21-11-17-16-10(19)18(11)4/h6H,5H2,1-4H3,(H,16,19)(H,12,13,14,15). The van der Waals surface area contributed by atoms with Gasteiger partial charge in [0.2, 0.25) is 11.1 Å². The normalized spacial score (nSPS) is 10.9. The third kappa shape index (κ3) is 3.94. The number of ether oxygens (including phenoxy) is 1. The molecule has 2 aromatic rings. The molecule has 2 aromatic heterocycles. The third-order valence-corrected chi connectivity index (χ3v) is 3.20. The molecule has 0 atom stereocenters. The van der Waals surface area contributed by atoms with Crippen LogP contribution in [0.1, 0.15) is 20.8 Å². The van der Waals surface area contributed by atoms with E-state index in [0.717, 1.165) is 11.8 Å². The van der Waals surface area contributed by atoms with Crippen molar-refractivity contribution in [1.29, 1.82) is 0 Å². The van der Waals surface area contributed by atoms with Crippen LogP contribution in [0.5, 0.6) is 6.01 Å². The predicted octanol–water partition coefficient (Wildman–Crippen LogP) is 0.664. The summed E-state index contributed by atoms with van der Waals surface area (Å²) in [6.07, 6.45) is -0.0468. The van der Waals surface area contributed by atoms with Gasteiger partial charge in [0, 0.05) is 13.6 Å². The van der Waals surface area contributed by atoms with E-state index in [9.17, 15) is 4.79 Å². The van der Waals surface area contributed by atoms with E-state index in [-0.39, 0.29) is 17.8 Å². The van der Waals surface area contributed by atoms with Crippen molar-refractivity contribution >= 4 is 17.7 Å². The number of aromatic amines is 1. The molecule has 0 saturated carbocycles. The van der Waals surface area contributed by atoms with Crippen LogP contribution in [-0.2, 0) is 7.05 Å². The average Bonchev–Trinajstić information content (AvgIpc) is 2.70. The maximum absolute atomic E-state index is 11.4. The molecule has 0 saturated heterocycles. The number of H-pyrrole nitrogens is 1. The van der Waals surface area contributed by atoms with Crippen LogP contribution in [0.15, 0.2) is 15.1 Å². The van der Waals surface area contributed by atoms with Crippen molar-refractivity contribution in [2.75, 3.05) is 11.9 Å². The highest BCUT2D eigenvalue weighted by molar-refractivity contribution is 7.99. The fourth-order valence-electron chi connectivity index (χ4n) is 1.39. The fraction of sp³-hybridized carbons (Fsp3) is 0.545. The Hall–Kier alpha value is -2.10. The zero-order valence-corrected chi connectivity index (χ0v) is 13.1. The van der Waals surface area contributed by atoms with Crippen LogP contribution in [0.3, 0.4) is 0 Å². The van der Waals surface area contributed by atoms with Crippen molar-refractivity contribution in [1.82, 2.24) is 29.7 Å². The van der Waals surface area contributed by atoms with Gasteiger partial charge in [-0.3, -0.25) is 4.57 Å². The zero-order valence-electron chi connectivity index (χ0n) is 12.2. The van der Waals surface area contributed by atoms with Gasteiger partial charge in [0.05, 0.1) is 6.10 Å². The van der Waals surface area contributed by atoms with Crippen LogP contribution in [0.25, 0.3) is 0 Å². The molecule has 2 heterocycles. The Balaban J connectivity index is 2.30. The molecule has 0 spiro atoms. The second-order valence-electron chi connectivity index (χ2n) is 4.39. The van der Waals surface area contributed by atoms with Crippen LogP contribution in [0.4, 0.5) is 5.95 Å². The Bertz CT molecular complexity index is 667. The molecule has 0 bridgehead atoms. The summed E-state index contributed by atoms with van der Waals surface area (Å²) in [5.74, 6) is 0.422. The SMILES string of the molecule is CCNc1nc(OC(C)C)nc(Sc2n[nH]c(=O)n2C)n1. The first-order valence-electron chi connectivity index (χ1n) is 6.45. The summed E-state index contributed by atoms with van der Waals surface area (Å²) in [5, 5.41) is 10.1. The van der Waals surface area contributed by atoms with Gasteiger partial charge < -0.3 is 10.1 Å². The van der Waals surface area contributed by atoms with E-state index in [0.29, 0.717) is 22.8 Å². The van der Waals surface area contributed by atoms with Crippen molar-refractivity contribution < 1.29 is 4.74 Å². The summed E-state index contributed by atoms with van der Waals surface area (Å²) in [7, 11) is 1.62. The predicted molar refractivity (Wildman–Crippen MR) is 77.7 cm³/mol. The molecule has 2 N–H and O–H groups in total. The highest BCUT2D eigenvalue weighted by Gasteiger charge is 2.13. The first-order valence-corrected chi connectivity index (χ1v) is 7.27. The monoisotopic (exact) mass is 311 g/mol. The lowest BCUT2D eigenvalue weighted by Crippen LogP contribution is -2.13. The number of nitrogens with zero attached hydrogens (tertiary/aromatic N) is 5. The smallest absolute Gasteiger partial charge is 0.343 e.